The van der Waals surface area contributed by atoms with Crippen LogP contribution in [-0.2, 0) is 9.53 Å². The topological polar surface area (TPSA) is 63.6 Å². The standard InChI is InChI=1S/C9H7ClO4/c1-14-9(13)8(12)5-2-3-7(11)6(10)4-5/h2-4,11H,1H3. The van der Waals surface area contributed by atoms with Crippen LogP contribution in [0.25, 0.3) is 0 Å². The highest BCUT2D eigenvalue weighted by Gasteiger charge is 2.17. The van der Waals surface area contributed by atoms with Gasteiger partial charge in [0.25, 0.3) is 5.78 Å². The molecule has 0 radical (unpaired) electrons. The van der Waals surface area contributed by atoms with E-state index in [4.69, 9.17) is 16.7 Å². The summed E-state index contributed by atoms with van der Waals surface area (Å²) in [5.41, 5.74) is 0.0830. The SMILES string of the molecule is COC(=O)C(=O)c1ccc(O)c(Cl)c1. The van der Waals surface area contributed by atoms with Crippen LogP contribution in [0.4, 0.5) is 0 Å². The van der Waals surface area contributed by atoms with Crippen molar-refractivity contribution in [1.82, 2.24) is 0 Å². The summed E-state index contributed by atoms with van der Waals surface area (Å²) in [6.45, 7) is 0. The Balaban J connectivity index is 3.03. The van der Waals surface area contributed by atoms with Crippen molar-refractivity contribution in [3.8, 4) is 5.75 Å². The van der Waals surface area contributed by atoms with Gasteiger partial charge in [0.2, 0.25) is 0 Å². The van der Waals surface area contributed by atoms with Gasteiger partial charge in [-0.25, -0.2) is 4.79 Å². The molecule has 0 spiro atoms. The fraction of sp³-hybridized carbons (Fsp3) is 0.111. The van der Waals surface area contributed by atoms with Gasteiger partial charge < -0.3 is 9.84 Å². The number of ketones is 1. The van der Waals surface area contributed by atoms with Crippen LogP contribution in [0.5, 0.6) is 5.75 Å². The van der Waals surface area contributed by atoms with Crippen LogP contribution in [0.2, 0.25) is 5.02 Å². The second-order valence-electron chi connectivity index (χ2n) is 2.49. The summed E-state index contributed by atoms with van der Waals surface area (Å²) in [6.07, 6.45) is 0. The van der Waals surface area contributed by atoms with Crippen LogP contribution in [0.3, 0.4) is 0 Å². The van der Waals surface area contributed by atoms with Crippen molar-refractivity contribution in [1.29, 1.82) is 0 Å². The summed E-state index contributed by atoms with van der Waals surface area (Å²) in [6, 6.07) is 3.73. The van der Waals surface area contributed by atoms with Gasteiger partial charge in [-0.2, -0.15) is 0 Å². The molecule has 1 aromatic rings. The first-order valence-corrected chi connectivity index (χ1v) is 4.05. The molecule has 0 unspecified atom stereocenters. The van der Waals surface area contributed by atoms with Crippen LogP contribution in [-0.4, -0.2) is 24.0 Å². The number of benzene rings is 1. The summed E-state index contributed by atoms with van der Waals surface area (Å²) >= 11 is 5.55. The molecule has 0 saturated carbocycles. The molecule has 0 amide bonds. The summed E-state index contributed by atoms with van der Waals surface area (Å²) in [7, 11) is 1.11. The second kappa shape index (κ2) is 4.11. The van der Waals surface area contributed by atoms with Crippen molar-refractivity contribution < 1.29 is 19.4 Å². The van der Waals surface area contributed by atoms with E-state index in [1.54, 1.807) is 0 Å². The van der Waals surface area contributed by atoms with Gasteiger partial charge in [-0.05, 0) is 18.2 Å². The van der Waals surface area contributed by atoms with E-state index in [-0.39, 0.29) is 16.3 Å². The zero-order valence-electron chi connectivity index (χ0n) is 7.28. The fourth-order valence-electron chi connectivity index (χ4n) is 0.859. The summed E-state index contributed by atoms with van der Waals surface area (Å²) in [5, 5.41) is 9.08. The highest BCUT2D eigenvalue weighted by molar-refractivity contribution is 6.41. The molecule has 1 rings (SSSR count). The number of phenolic OH excluding ortho intramolecular Hbond substituents is 1. The number of rotatable bonds is 2. The lowest BCUT2D eigenvalue weighted by molar-refractivity contribution is -0.135. The molecule has 4 nitrogen and oxygen atoms in total. The first-order chi connectivity index (χ1) is 6.56. The number of methoxy groups -OCH3 is 1. The average molecular weight is 215 g/mol. The van der Waals surface area contributed by atoms with E-state index in [0.717, 1.165) is 7.11 Å². The Morgan fingerprint density at radius 2 is 2.07 bits per heavy atom. The van der Waals surface area contributed by atoms with Crippen molar-refractivity contribution in [2.24, 2.45) is 0 Å². The van der Waals surface area contributed by atoms with E-state index >= 15 is 0 Å². The van der Waals surface area contributed by atoms with E-state index in [2.05, 4.69) is 4.74 Å². The number of aromatic hydroxyl groups is 1. The molecule has 0 fully saturated rings. The van der Waals surface area contributed by atoms with E-state index < -0.39 is 11.8 Å². The molecule has 0 aliphatic carbocycles. The highest BCUT2D eigenvalue weighted by atomic mass is 35.5. The summed E-state index contributed by atoms with van der Waals surface area (Å²) in [5.74, 6) is -1.91. The minimum absolute atomic E-state index is 0.0137. The Bertz CT molecular complexity index is 386. The van der Waals surface area contributed by atoms with Gasteiger partial charge in [0.15, 0.2) is 0 Å². The zero-order chi connectivity index (χ0) is 10.7. The number of hydrogen-bond acceptors (Lipinski definition) is 4. The predicted octanol–water partition coefficient (Wildman–Crippen LogP) is 1.40. The van der Waals surface area contributed by atoms with E-state index in [9.17, 15) is 9.59 Å². The van der Waals surface area contributed by atoms with E-state index in [0.29, 0.717) is 0 Å². The Hall–Kier alpha value is -1.55. The Morgan fingerprint density at radius 1 is 1.43 bits per heavy atom. The normalized spacial score (nSPS) is 9.57. The Morgan fingerprint density at radius 3 is 2.57 bits per heavy atom. The molecule has 0 bridgehead atoms. The molecule has 0 aliphatic rings. The molecule has 0 saturated heterocycles. The van der Waals surface area contributed by atoms with Crippen molar-refractivity contribution in [3.63, 3.8) is 0 Å². The number of ether oxygens (including phenoxy) is 1. The minimum atomic E-state index is -0.966. The second-order valence-corrected chi connectivity index (χ2v) is 2.89. The number of esters is 1. The monoisotopic (exact) mass is 214 g/mol. The van der Waals surface area contributed by atoms with Crippen LogP contribution in [0, 0.1) is 0 Å². The molecule has 14 heavy (non-hydrogen) atoms. The lowest BCUT2D eigenvalue weighted by Gasteiger charge is -2.00. The average Bonchev–Trinajstić information content (AvgIpc) is 2.20. The van der Waals surface area contributed by atoms with Gasteiger partial charge in [0.05, 0.1) is 12.1 Å². The number of halogens is 1. The zero-order valence-corrected chi connectivity index (χ0v) is 8.04. The number of phenols is 1. The summed E-state index contributed by atoms with van der Waals surface area (Å²) < 4.78 is 4.24. The smallest absolute Gasteiger partial charge is 0.379 e. The van der Waals surface area contributed by atoms with Crippen LogP contribution in [0.1, 0.15) is 10.4 Å². The van der Waals surface area contributed by atoms with Crippen molar-refractivity contribution in [2.45, 2.75) is 0 Å². The molecule has 0 heterocycles. The van der Waals surface area contributed by atoms with Crippen molar-refractivity contribution in [3.05, 3.63) is 28.8 Å². The van der Waals surface area contributed by atoms with Gasteiger partial charge >= 0.3 is 5.97 Å². The predicted molar refractivity (Wildman–Crippen MR) is 49.5 cm³/mol. The molecule has 74 valence electrons. The number of hydrogen-bond donors (Lipinski definition) is 1. The molecule has 0 aliphatic heterocycles. The molecular weight excluding hydrogens is 208 g/mol. The maximum atomic E-state index is 11.2. The number of Topliss-reactive ketones (excluding diaryl/α,β-unsaturated/α-hetero) is 1. The highest BCUT2D eigenvalue weighted by Crippen LogP contribution is 2.23. The third-order valence-electron chi connectivity index (χ3n) is 1.58. The van der Waals surface area contributed by atoms with E-state index in [1.165, 1.54) is 18.2 Å². The van der Waals surface area contributed by atoms with Crippen LogP contribution in [0.15, 0.2) is 18.2 Å². The van der Waals surface area contributed by atoms with Crippen LogP contribution >= 0.6 is 11.6 Å². The van der Waals surface area contributed by atoms with Gasteiger partial charge in [-0.1, -0.05) is 11.6 Å². The third kappa shape index (κ3) is 2.03. The first kappa shape index (κ1) is 10.5. The Kier molecular flexibility index (Phi) is 3.09. The number of carbonyl (C=O) groups excluding carboxylic acids is 2. The minimum Gasteiger partial charge on any atom is -0.506 e. The van der Waals surface area contributed by atoms with Crippen LogP contribution < -0.4 is 0 Å². The molecule has 0 aromatic heterocycles. The fourth-order valence-corrected chi connectivity index (χ4v) is 1.04. The van der Waals surface area contributed by atoms with Crippen molar-refractivity contribution >= 4 is 23.4 Å². The molecular formula is C9H7ClO4. The maximum Gasteiger partial charge on any atom is 0.379 e. The molecule has 5 heteroatoms. The lowest BCUT2D eigenvalue weighted by Crippen LogP contribution is -2.15. The van der Waals surface area contributed by atoms with Gasteiger partial charge in [-0.3, -0.25) is 4.79 Å². The Labute approximate surface area is 85.1 Å². The van der Waals surface area contributed by atoms with Gasteiger partial charge in [0, 0.05) is 5.56 Å². The van der Waals surface area contributed by atoms with Gasteiger partial charge in [-0.15, -0.1) is 0 Å². The third-order valence-corrected chi connectivity index (χ3v) is 1.88. The summed E-state index contributed by atoms with van der Waals surface area (Å²) in [4.78, 5) is 22.1. The van der Waals surface area contributed by atoms with Gasteiger partial charge in [0.1, 0.15) is 5.75 Å². The molecule has 1 N–H and O–H groups in total. The van der Waals surface area contributed by atoms with E-state index in [1.807, 2.05) is 0 Å². The largest absolute Gasteiger partial charge is 0.506 e. The number of carbonyl (C=O) groups is 2. The maximum absolute atomic E-state index is 11.2. The lowest BCUT2D eigenvalue weighted by atomic mass is 10.1. The quantitative estimate of drug-likeness (QED) is 0.459. The first-order valence-electron chi connectivity index (χ1n) is 3.67. The van der Waals surface area contributed by atoms with Crippen molar-refractivity contribution in [2.75, 3.05) is 7.11 Å². The molecule has 1 aromatic carbocycles. The molecule has 0 atom stereocenters.